The van der Waals surface area contributed by atoms with Crippen molar-refractivity contribution in [1.29, 1.82) is 0 Å². The summed E-state index contributed by atoms with van der Waals surface area (Å²) in [4.78, 5) is 12.5. The van der Waals surface area contributed by atoms with E-state index < -0.39 is 10.0 Å². The Labute approximate surface area is 147 Å². The normalized spacial score (nSPS) is 11.5. The molecular formula is C17H19ClN2O3S. The lowest BCUT2D eigenvalue weighted by molar-refractivity contribution is 0.0950. The lowest BCUT2D eigenvalue weighted by Gasteiger charge is -2.15. The van der Waals surface area contributed by atoms with Gasteiger partial charge in [-0.15, -0.1) is 0 Å². The summed E-state index contributed by atoms with van der Waals surface area (Å²) in [5.74, 6) is -0.356. The molecule has 0 fully saturated rings. The third-order valence-corrected chi connectivity index (χ3v) is 5.93. The molecule has 24 heavy (non-hydrogen) atoms. The predicted octanol–water partition coefficient (Wildman–Crippen LogP) is 2.83. The second-order valence-corrected chi connectivity index (χ2v) is 8.07. The molecule has 0 aromatic heterocycles. The first-order valence-corrected chi connectivity index (χ1v) is 9.10. The Morgan fingerprint density at radius 2 is 1.83 bits per heavy atom. The minimum Gasteiger partial charge on any atom is -0.348 e. The molecule has 2 aromatic rings. The van der Waals surface area contributed by atoms with Crippen molar-refractivity contribution >= 4 is 27.5 Å². The van der Waals surface area contributed by atoms with Crippen molar-refractivity contribution in [2.45, 2.75) is 18.4 Å². The molecule has 0 radical (unpaired) electrons. The Morgan fingerprint density at radius 1 is 1.17 bits per heavy atom. The van der Waals surface area contributed by atoms with Gasteiger partial charge in [-0.05, 0) is 36.2 Å². The van der Waals surface area contributed by atoms with Crippen LogP contribution in [-0.4, -0.2) is 32.7 Å². The van der Waals surface area contributed by atoms with E-state index in [9.17, 15) is 13.2 Å². The summed E-state index contributed by atoms with van der Waals surface area (Å²) in [6.07, 6.45) is 0. The minimum absolute atomic E-state index is 0.123. The van der Waals surface area contributed by atoms with Gasteiger partial charge in [-0.1, -0.05) is 35.9 Å². The van der Waals surface area contributed by atoms with Gasteiger partial charge in [0.05, 0.1) is 4.90 Å². The van der Waals surface area contributed by atoms with Crippen molar-refractivity contribution in [3.8, 4) is 0 Å². The second kappa shape index (κ2) is 7.34. The van der Waals surface area contributed by atoms with Gasteiger partial charge < -0.3 is 5.32 Å². The summed E-state index contributed by atoms with van der Waals surface area (Å²) in [7, 11) is -0.691. The van der Waals surface area contributed by atoms with Crippen molar-refractivity contribution in [2.24, 2.45) is 0 Å². The molecule has 0 saturated heterocycles. The van der Waals surface area contributed by atoms with Gasteiger partial charge in [0.2, 0.25) is 10.0 Å². The van der Waals surface area contributed by atoms with Crippen molar-refractivity contribution in [3.63, 3.8) is 0 Å². The van der Waals surface area contributed by atoms with E-state index in [2.05, 4.69) is 5.32 Å². The number of rotatable bonds is 5. The zero-order chi connectivity index (χ0) is 17.9. The van der Waals surface area contributed by atoms with Crippen LogP contribution in [-0.2, 0) is 16.6 Å². The third-order valence-electron chi connectivity index (χ3n) is 3.61. The molecule has 0 heterocycles. The summed E-state index contributed by atoms with van der Waals surface area (Å²) < 4.78 is 25.8. The second-order valence-electron chi connectivity index (χ2n) is 5.54. The van der Waals surface area contributed by atoms with E-state index in [4.69, 9.17) is 11.6 Å². The molecule has 0 aliphatic carbocycles. The first kappa shape index (κ1) is 18.4. The fourth-order valence-electron chi connectivity index (χ4n) is 2.14. The molecule has 0 aliphatic rings. The predicted molar refractivity (Wildman–Crippen MR) is 94.7 cm³/mol. The Balaban J connectivity index is 2.23. The largest absolute Gasteiger partial charge is 0.348 e. The molecule has 0 atom stereocenters. The molecule has 128 valence electrons. The zero-order valence-electron chi connectivity index (χ0n) is 13.7. The van der Waals surface area contributed by atoms with E-state index in [-0.39, 0.29) is 22.9 Å². The number of hydrogen-bond acceptors (Lipinski definition) is 3. The number of nitrogens with one attached hydrogen (secondary N) is 1. The molecule has 5 nitrogen and oxygen atoms in total. The van der Waals surface area contributed by atoms with Crippen LogP contribution in [0.5, 0.6) is 0 Å². The molecular weight excluding hydrogens is 348 g/mol. The van der Waals surface area contributed by atoms with Gasteiger partial charge in [-0.25, -0.2) is 12.7 Å². The van der Waals surface area contributed by atoms with Crippen LogP contribution in [0.25, 0.3) is 0 Å². The molecule has 2 rings (SSSR count). The van der Waals surface area contributed by atoms with E-state index in [1.165, 1.54) is 20.2 Å². The number of benzene rings is 2. The SMILES string of the molecule is Cc1ccc(C(=O)NCc2ccccc2Cl)cc1S(=O)(=O)N(C)C. The van der Waals surface area contributed by atoms with Gasteiger partial charge in [0.25, 0.3) is 5.91 Å². The van der Waals surface area contributed by atoms with E-state index in [0.717, 1.165) is 9.87 Å². The molecule has 0 saturated carbocycles. The van der Waals surface area contributed by atoms with Gasteiger partial charge in [0, 0.05) is 31.2 Å². The lowest BCUT2D eigenvalue weighted by atomic mass is 10.1. The highest BCUT2D eigenvalue weighted by Gasteiger charge is 2.21. The number of sulfonamides is 1. The molecule has 0 bridgehead atoms. The summed E-state index contributed by atoms with van der Waals surface area (Å²) >= 11 is 6.06. The van der Waals surface area contributed by atoms with Crippen molar-refractivity contribution < 1.29 is 13.2 Å². The number of hydrogen-bond donors (Lipinski definition) is 1. The van der Waals surface area contributed by atoms with Gasteiger partial charge >= 0.3 is 0 Å². The number of carbonyl (C=O) groups excluding carboxylic acids is 1. The molecule has 2 aromatic carbocycles. The highest BCUT2D eigenvalue weighted by atomic mass is 35.5. The van der Waals surface area contributed by atoms with Crippen LogP contribution in [0.3, 0.4) is 0 Å². The quantitative estimate of drug-likeness (QED) is 0.884. The fraction of sp³-hybridized carbons (Fsp3) is 0.235. The summed E-state index contributed by atoms with van der Waals surface area (Å²) in [5.41, 5.74) is 1.67. The number of amides is 1. The van der Waals surface area contributed by atoms with E-state index in [1.54, 1.807) is 25.1 Å². The maximum absolute atomic E-state index is 12.3. The Hall–Kier alpha value is -1.89. The standard InChI is InChI=1S/C17H19ClN2O3S/c1-12-8-9-13(10-16(12)24(22,23)20(2)3)17(21)19-11-14-6-4-5-7-15(14)18/h4-10H,11H2,1-3H3,(H,19,21). The van der Waals surface area contributed by atoms with E-state index in [0.29, 0.717) is 10.6 Å². The van der Waals surface area contributed by atoms with Crippen LogP contribution in [0.4, 0.5) is 0 Å². The third kappa shape index (κ3) is 3.95. The van der Waals surface area contributed by atoms with Crippen LogP contribution < -0.4 is 5.32 Å². The number of carbonyl (C=O) groups is 1. The maximum atomic E-state index is 12.3. The van der Waals surface area contributed by atoms with Crippen LogP contribution in [0.1, 0.15) is 21.5 Å². The van der Waals surface area contributed by atoms with Gasteiger partial charge in [-0.2, -0.15) is 0 Å². The molecule has 0 spiro atoms. The first-order valence-electron chi connectivity index (χ1n) is 7.28. The molecule has 0 aliphatic heterocycles. The topological polar surface area (TPSA) is 66.5 Å². The van der Waals surface area contributed by atoms with Crippen molar-refractivity contribution in [1.82, 2.24) is 9.62 Å². The zero-order valence-corrected chi connectivity index (χ0v) is 15.3. The molecule has 7 heteroatoms. The Morgan fingerprint density at radius 3 is 2.46 bits per heavy atom. The van der Waals surface area contributed by atoms with E-state index >= 15 is 0 Å². The maximum Gasteiger partial charge on any atom is 0.251 e. The molecule has 1 N–H and O–H groups in total. The summed E-state index contributed by atoms with van der Waals surface area (Å²) in [6, 6.07) is 11.8. The van der Waals surface area contributed by atoms with Crippen LogP contribution in [0.2, 0.25) is 5.02 Å². The molecule has 1 amide bonds. The lowest BCUT2D eigenvalue weighted by Crippen LogP contribution is -2.25. The Kier molecular flexibility index (Phi) is 5.64. The fourth-order valence-corrected chi connectivity index (χ4v) is 3.48. The monoisotopic (exact) mass is 366 g/mol. The van der Waals surface area contributed by atoms with Crippen LogP contribution >= 0.6 is 11.6 Å². The Bertz CT molecular complexity index is 864. The summed E-state index contributed by atoms with van der Waals surface area (Å²) in [6.45, 7) is 1.96. The minimum atomic E-state index is -3.61. The smallest absolute Gasteiger partial charge is 0.251 e. The molecule has 0 unspecified atom stereocenters. The number of aryl methyl sites for hydroxylation is 1. The average molecular weight is 367 g/mol. The number of nitrogens with zero attached hydrogens (tertiary/aromatic N) is 1. The van der Waals surface area contributed by atoms with E-state index in [1.807, 2.05) is 18.2 Å². The number of halogens is 1. The average Bonchev–Trinajstić information content (AvgIpc) is 2.54. The highest BCUT2D eigenvalue weighted by Crippen LogP contribution is 2.20. The first-order chi connectivity index (χ1) is 11.2. The highest BCUT2D eigenvalue weighted by molar-refractivity contribution is 7.89. The van der Waals surface area contributed by atoms with Crippen LogP contribution in [0.15, 0.2) is 47.4 Å². The van der Waals surface area contributed by atoms with Crippen molar-refractivity contribution in [3.05, 3.63) is 64.2 Å². The van der Waals surface area contributed by atoms with Gasteiger partial charge in [0.15, 0.2) is 0 Å². The van der Waals surface area contributed by atoms with Crippen LogP contribution in [0, 0.1) is 6.92 Å². The summed E-state index contributed by atoms with van der Waals surface area (Å²) in [5, 5.41) is 3.32. The van der Waals surface area contributed by atoms with Crippen molar-refractivity contribution in [2.75, 3.05) is 14.1 Å². The van der Waals surface area contributed by atoms with Gasteiger partial charge in [-0.3, -0.25) is 4.79 Å². The van der Waals surface area contributed by atoms with Gasteiger partial charge in [0.1, 0.15) is 0 Å².